The molecule has 2 heteroatoms. The van der Waals surface area contributed by atoms with Crippen molar-refractivity contribution in [1.82, 2.24) is 10.2 Å². The van der Waals surface area contributed by atoms with Gasteiger partial charge in [-0.3, -0.25) is 4.90 Å². The fourth-order valence-corrected chi connectivity index (χ4v) is 2.55. The summed E-state index contributed by atoms with van der Waals surface area (Å²) >= 11 is 0. The number of fused-ring (bicyclic) bond motifs is 1. The van der Waals surface area contributed by atoms with Gasteiger partial charge in [-0.1, -0.05) is 38.1 Å². The second kappa shape index (κ2) is 5.65. The van der Waals surface area contributed by atoms with Gasteiger partial charge in [0.05, 0.1) is 0 Å². The van der Waals surface area contributed by atoms with Crippen LogP contribution in [0.15, 0.2) is 24.3 Å². The van der Waals surface area contributed by atoms with Crippen molar-refractivity contribution in [1.29, 1.82) is 0 Å². The Balaban J connectivity index is 1.93. The molecule has 0 saturated carbocycles. The zero-order chi connectivity index (χ0) is 12.3. The summed E-state index contributed by atoms with van der Waals surface area (Å²) in [5.74, 6) is 0.698. The molecule has 0 aromatic heterocycles. The van der Waals surface area contributed by atoms with E-state index in [1.54, 1.807) is 0 Å². The van der Waals surface area contributed by atoms with Gasteiger partial charge in [-0.2, -0.15) is 0 Å². The first-order valence-corrected chi connectivity index (χ1v) is 6.74. The summed E-state index contributed by atoms with van der Waals surface area (Å²) in [6, 6.07) is 9.46. The van der Waals surface area contributed by atoms with Crippen LogP contribution in [0.4, 0.5) is 0 Å². The summed E-state index contributed by atoms with van der Waals surface area (Å²) in [6.45, 7) is 11.3. The number of hydrogen-bond donors (Lipinski definition) is 1. The second-order valence-electron chi connectivity index (χ2n) is 5.20. The molecule has 0 spiro atoms. The Morgan fingerprint density at radius 2 is 1.76 bits per heavy atom. The Labute approximate surface area is 105 Å². The van der Waals surface area contributed by atoms with E-state index in [-0.39, 0.29) is 0 Å². The van der Waals surface area contributed by atoms with Crippen molar-refractivity contribution in [2.24, 2.45) is 5.92 Å². The van der Waals surface area contributed by atoms with Crippen molar-refractivity contribution in [3.05, 3.63) is 35.4 Å². The van der Waals surface area contributed by atoms with Crippen molar-refractivity contribution < 1.29 is 0 Å². The first-order valence-electron chi connectivity index (χ1n) is 6.74. The molecule has 1 heterocycles. The monoisotopic (exact) mass is 232 g/mol. The standard InChI is InChI=1S/C15H24N2/c1-4-16-9-12(2)13(3)17-10-14-7-5-6-8-15(14)11-17/h5-8,12-13,16H,4,9-11H2,1-3H3. The molecule has 1 N–H and O–H groups in total. The molecule has 2 atom stereocenters. The predicted molar refractivity (Wildman–Crippen MR) is 72.9 cm³/mol. The molecule has 0 aliphatic carbocycles. The van der Waals surface area contributed by atoms with Gasteiger partial charge in [-0.05, 0) is 37.1 Å². The van der Waals surface area contributed by atoms with Crippen LogP contribution in [0.5, 0.6) is 0 Å². The van der Waals surface area contributed by atoms with Crippen LogP contribution >= 0.6 is 0 Å². The summed E-state index contributed by atoms with van der Waals surface area (Å²) in [7, 11) is 0. The van der Waals surface area contributed by atoms with Crippen LogP contribution in [0.3, 0.4) is 0 Å². The normalized spacial score (nSPS) is 19.0. The lowest BCUT2D eigenvalue weighted by Gasteiger charge is -2.29. The third-order valence-electron chi connectivity index (χ3n) is 3.98. The van der Waals surface area contributed by atoms with Crippen molar-refractivity contribution >= 4 is 0 Å². The van der Waals surface area contributed by atoms with Crippen molar-refractivity contribution in [3.63, 3.8) is 0 Å². The zero-order valence-electron chi connectivity index (χ0n) is 11.2. The first-order chi connectivity index (χ1) is 8.22. The molecule has 2 nitrogen and oxygen atoms in total. The molecule has 1 aromatic carbocycles. The molecule has 1 aromatic rings. The Hall–Kier alpha value is -0.860. The van der Waals surface area contributed by atoms with Gasteiger partial charge in [0.25, 0.3) is 0 Å². The Kier molecular flexibility index (Phi) is 4.19. The third-order valence-corrected chi connectivity index (χ3v) is 3.98. The smallest absolute Gasteiger partial charge is 0.0243 e. The highest BCUT2D eigenvalue weighted by Crippen LogP contribution is 2.26. The van der Waals surface area contributed by atoms with Crippen LogP contribution in [0.2, 0.25) is 0 Å². The highest BCUT2D eigenvalue weighted by molar-refractivity contribution is 5.30. The minimum Gasteiger partial charge on any atom is -0.317 e. The van der Waals surface area contributed by atoms with Crippen molar-refractivity contribution in [2.75, 3.05) is 13.1 Å². The van der Waals surface area contributed by atoms with Crippen molar-refractivity contribution in [2.45, 2.75) is 39.9 Å². The summed E-state index contributed by atoms with van der Waals surface area (Å²) in [5.41, 5.74) is 3.02. The Morgan fingerprint density at radius 1 is 1.18 bits per heavy atom. The van der Waals surface area contributed by atoms with Crippen LogP contribution in [0.25, 0.3) is 0 Å². The summed E-state index contributed by atoms with van der Waals surface area (Å²) in [4.78, 5) is 2.59. The van der Waals surface area contributed by atoms with Gasteiger partial charge in [0, 0.05) is 19.1 Å². The van der Waals surface area contributed by atoms with Gasteiger partial charge < -0.3 is 5.32 Å². The van der Waals surface area contributed by atoms with Crippen LogP contribution in [-0.2, 0) is 13.1 Å². The lowest BCUT2D eigenvalue weighted by molar-refractivity contribution is 0.160. The van der Waals surface area contributed by atoms with Crippen LogP contribution < -0.4 is 5.32 Å². The molecule has 0 bridgehead atoms. The average molecular weight is 232 g/mol. The third kappa shape index (κ3) is 2.88. The fraction of sp³-hybridized carbons (Fsp3) is 0.600. The summed E-state index contributed by atoms with van der Waals surface area (Å²) in [6.07, 6.45) is 0. The van der Waals surface area contributed by atoms with Crippen LogP contribution in [-0.4, -0.2) is 24.0 Å². The topological polar surface area (TPSA) is 15.3 Å². The minimum absolute atomic E-state index is 0.640. The second-order valence-corrected chi connectivity index (χ2v) is 5.20. The maximum absolute atomic E-state index is 3.45. The molecular formula is C15H24N2. The lowest BCUT2D eigenvalue weighted by Crippen LogP contribution is -2.38. The number of hydrogen-bond acceptors (Lipinski definition) is 2. The average Bonchev–Trinajstić information content (AvgIpc) is 2.78. The van der Waals surface area contributed by atoms with E-state index < -0.39 is 0 Å². The van der Waals surface area contributed by atoms with E-state index in [4.69, 9.17) is 0 Å². The molecule has 0 fully saturated rings. The molecule has 2 rings (SSSR count). The van der Waals surface area contributed by atoms with Crippen LogP contribution in [0, 0.1) is 5.92 Å². The highest BCUT2D eigenvalue weighted by atomic mass is 15.2. The van der Waals surface area contributed by atoms with Gasteiger partial charge in [0.2, 0.25) is 0 Å². The van der Waals surface area contributed by atoms with Gasteiger partial charge in [0.15, 0.2) is 0 Å². The van der Waals surface area contributed by atoms with E-state index in [9.17, 15) is 0 Å². The molecule has 0 amide bonds. The quantitative estimate of drug-likeness (QED) is 0.839. The van der Waals surface area contributed by atoms with Gasteiger partial charge >= 0.3 is 0 Å². The van der Waals surface area contributed by atoms with Gasteiger partial charge in [0.1, 0.15) is 0 Å². The van der Waals surface area contributed by atoms with Crippen LogP contribution in [0.1, 0.15) is 31.9 Å². The number of rotatable bonds is 5. The molecule has 94 valence electrons. The molecular weight excluding hydrogens is 208 g/mol. The summed E-state index contributed by atoms with van der Waals surface area (Å²) < 4.78 is 0. The molecule has 1 aliphatic heterocycles. The minimum atomic E-state index is 0.640. The highest BCUT2D eigenvalue weighted by Gasteiger charge is 2.25. The van der Waals surface area contributed by atoms with E-state index >= 15 is 0 Å². The zero-order valence-corrected chi connectivity index (χ0v) is 11.2. The van der Waals surface area contributed by atoms with E-state index in [1.165, 1.54) is 11.1 Å². The predicted octanol–water partition coefficient (Wildman–Crippen LogP) is 2.64. The molecule has 1 aliphatic rings. The molecule has 0 radical (unpaired) electrons. The molecule has 2 unspecified atom stereocenters. The van der Waals surface area contributed by atoms with Gasteiger partial charge in [-0.15, -0.1) is 0 Å². The lowest BCUT2D eigenvalue weighted by atomic mass is 10.0. The summed E-state index contributed by atoms with van der Waals surface area (Å²) in [5, 5.41) is 3.45. The Morgan fingerprint density at radius 3 is 2.29 bits per heavy atom. The van der Waals surface area contributed by atoms with E-state index in [1.807, 2.05) is 0 Å². The first kappa shape index (κ1) is 12.6. The fourth-order valence-electron chi connectivity index (χ4n) is 2.55. The Bertz CT molecular complexity index is 337. The van der Waals surface area contributed by atoms with E-state index in [0.717, 1.165) is 26.2 Å². The maximum atomic E-state index is 3.45. The molecule has 17 heavy (non-hydrogen) atoms. The van der Waals surface area contributed by atoms with E-state index in [2.05, 4.69) is 55.3 Å². The number of nitrogens with one attached hydrogen (secondary N) is 1. The number of benzene rings is 1. The SMILES string of the molecule is CCNCC(C)C(C)N1Cc2ccccc2C1. The van der Waals surface area contributed by atoms with Gasteiger partial charge in [-0.25, -0.2) is 0 Å². The maximum Gasteiger partial charge on any atom is 0.0243 e. The largest absolute Gasteiger partial charge is 0.317 e. The van der Waals surface area contributed by atoms with Crippen molar-refractivity contribution in [3.8, 4) is 0 Å². The van der Waals surface area contributed by atoms with E-state index in [0.29, 0.717) is 12.0 Å². The molecule has 0 saturated heterocycles. The number of nitrogens with zero attached hydrogens (tertiary/aromatic N) is 1.